The highest BCUT2D eigenvalue weighted by atomic mass is 16.2. The van der Waals surface area contributed by atoms with E-state index in [4.69, 9.17) is 11.1 Å². The lowest BCUT2D eigenvalue weighted by Gasteiger charge is -2.26. The number of rotatable bonds is 5. The summed E-state index contributed by atoms with van der Waals surface area (Å²) in [5.74, 6) is 0.655. The first-order valence-electron chi connectivity index (χ1n) is 10.8. The van der Waals surface area contributed by atoms with Crippen molar-refractivity contribution in [1.82, 2.24) is 24.8 Å². The molecule has 0 radical (unpaired) electrons. The minimum Gasteiger partial charge on any atom is -0.398 e. The fourth-order valence-corrected chi connectivity index (χ4v) is 3.86. The van der Waals surface area contributed by atoms with Gasteiger partial charge in [0.1, 0.15) is 17.8 Å². The topological polar surface area (TPSA) is 149 Å². The van der Waals surface area contributed by atoms with Crippen molar-refractivity contribution in [3.63, 3.8) is 0 Å². The molecule has 10 heteroatoms. The average Bonchev–Trinajstić information content (AvgIpc) is 3.31. The van der Waals surface area contributed by atoms with E-state index in [1.807, 2.05) is 24.3 Å². The number of carbonyl (C=O) groups is 1. The van der Waals surface area contributed by atoms with E-state index in [1.165, 1.54) is 12.5 Å². The molecule has 0 saturated heterocycles. The summed E-state index contributed by atoms with van der Waals surface area (Å²) >= 11 is 0. The lowest BCUT2D eigenvalue weighted by atomic mass is 10.1. The Hall–Kier alpha value is -4.73. The number of anilines is 4. The first-order valence-corrected chi connectivity index (χ1v) is 10.8. The summed E-state index contributed by atoms with van der Waals surface area (Å²) in [5, 5.41) is 14.5. The summed E-state index contributed by atoms with van der Waals surface area (Å²) < 4.78 is 0. The Labute approximate surface area is 195 Å². The van der Waals surface area contributed by atoms with E-state index in [0.29, 0.717) is 47.9 Å². The minimum absolute atomic E-state index is 0.148. The van der Waals surface area contributed by atoms with Gasteiger partial charge in [-0.25, -0.2) is 14.8 Å². The largest absolute Gasteiger partial charge is 0.398 e. The number of fused-ring (bicyclic) bond motifs is 1. The molecular formula is C24H23N9O. The van der Waals surface area contributed by atoms with Crippen LogP contribution in [0.4, 0.5) is 27.7 Å². The molecule has 0 spiro atoms. The maximum Gasteiger partial charge on any atom is 0.322 e. The molecule has 1 aliphatic heterocycles. The van der Waals surface area contributed by atoms with E-state index in [0.717, 1.165) is 22.3 Å². The third-order valence-electron chi connectivity index (χ3n) is 5.69. The molecule has 34 heavy (non-hydrogen) atoms. The number of hydrogen-bond acceptors (Lipinski definition) is 7. The van der Waals surface area contributed by atoms with Gasteiger partial charge in [0.25, 0.3) is 0 Å². The van der Waals surface area contributed by atoms with Crippen LogP contribution in [0, 0.1) is 5.41 Å². The second-order valence-electron chi connectivity index (χ2n) is 7.88. The van der Waals surface area contributed by atoms with E-state index in [9.17, 15) is 4.79 Å². The van der Waals surface area contributed by atoms with Crippen LogP contribution >= 0.6 is 0 Å². The number of nitrogens with zero attached hydrogens (tertiary/aromatic N) is 4. The molecule has 0 fully saturated rings. The third-order valence-corrected chi connectivity index (χ3v) is 5.69. The first kappa shape index (κ1) is 21.1. The molecule has 0 unspecified atom stereocenters. The van der Waals surface area contributed by atoms with Gasteiger partial charge in [0.05, 0.1) is 17.3 Å². The number of nitrogen functional groups attached to an aromatic ring is 1. The highest BCUT2D eigenvalue weighted by Crippen LogP contribution is 2.29. The molecule has 0 aliphatic carbocycles. The lowest BCUT2D eigenvalue weighted by molar-refractivity contribution is 0.217. The van der Waals surface area contributed by atoms with E-state index in [2.05, 4.69) is 30.6 Å². The Kier molecular flexibility index (Phi) is 5.61. The number of aromatic amines is 1. The number of aromatic nitrogens is 4. The zero-order valence-electron chi connectivity index (χ0n) is 18.2. The van der Waals surface area contributed by atoms with Crippen LogP contribution in [0.25, 0.3) is 16.6 Å². The second kappa shape index (κ2) is 9.02. The number of benzene rings is 1. The highest BCUT2D eigenvalue weighted by Gasteiger charge is 2.20. The monoisotopic (exact) mass is 453 g/mol. The van der Waals surface area contributed by atoms with Crippen LogP contribution in [0.15, 0.2) is 61.2 Å². The quantitative estimate of drug-likeness (QED) is 0.228. The summed E-state index contributed by atoms with van der Waals surface area (Å²) in [5.41, 5.74) is 11.3. The Morgan fingerprint density at radius 3 is 2.88 bits per heavy atom. The van der Waals surface area contributed by atoms with Gasteiger partial charge in [-0.3, -0.25) is 4.98 Å². The maximum atomic E-state index is 12.5. The van der Waals surface area contributed by atoms with Gasteiger partial charge in [0, 0.05) is 48.1 Å². The van der Waals surface area contributed by atoms with E-state index < -0.39 is 0 Å². The van der Waals surface area contributed by atoms with Gasteiger partial charge in [-0.2, -0.15) is 0 Å². The van der Waals surface area contributed by atoms with Crippen molar-refractivity contribution < 1.29 is 4.79 Å². The summed E-state index contributed by atoms with van der Waals surface area (Å²) in [6.45, 7) is 1.10. The average molecular weight is 454 g/mol. The molecule has 5 rings (SSSR count). The highest BCUT2D eigenvalue weighted by molar-refractivity contribution is 5.94. The minimum atomic E-state index is -0.148. The van der Waals surface area contributed by atoms with Crippen LogP contribution in [0.5, 0.6) is 0 Å². The van der Waals surface area contributed by atoms with E-state index in [1.54, 1.807) is 35.5 Å². The molecule has 0 atom stereocenters. The Bertz CT molecular complexity index is 1390. The van der Waals surface area contributed by atoms with Gasteiger partial charge in [0.2, 0.25) is 0 Å². The molecule has 4 aromatic rings. The first-order chi connectivity index (χ1) is 16.6. The van der Waals surface area contributed by atoms with Crippen LogP contribution in [0.1, 0.15) is 17.7 Å². The van der Waals surface area contributed by atoms with Crippen molar-refractivity contribution in [3.8, 4) is 0 Å². The molecule has 6 N–H and O–H groups in total. The number of nitrogens with one attached hydrogen (secondary N) is 4. The van der Waals surface area contributed by atoms with Crippen molar-refractivity contribution in [3.05, 3.63) is 72.5 Å². The predicted octanol–water partition coefficient (Wildman–Crippen LogP) is 4.00. The Balaban J connectivity index is 1.33. The van der Waals surface area contributed by atoms with Gasteiger partial charge in [0.15, 0.2) is 0 Å². The zero-order valence-corrected chi connectivity index (χ0v) is 18.2. The lowest BCUT2D eigenvalue weighted by Crippen LogP contribution is -2.37. The van der Waals surface area contributed by atoms with Crippen LogP contribution < -0.4 is 16.4 Å². The van der Waals surface area contributed by atoms with Gasteiger partial charge < -0.3 is 31.7 Å². The van der Waals surface area contributed by atoms with Gasteiger partial charge >= 0.3 is 6.03 Å². The molecule has 10 nitrogen and oxygen atoms in total. The SMILES string of the molecule is N=Cc1cc(Nc2ncnc3[nH]c(C4=CCN(C(=O)Nc5cccnc5)CC4)cc23)ccc1N. The number of amides is 2. The summed E-state index contributed by atoms with van der Waals surface area (Å²) in [6, 6.07) is 10.9. The molecule has 1 aliphatic rings. The van der Waals surface area contributed by atoms with Gasteiger partial charge in [-0.05, 0) is 48.4 Å². The molecule has 2 amide bonds. The number of pyridine rings is 1. The Morgan fingerprint density at radius 2 is 2.12 bits per heavy atom. The molecule has 1 aromatic carbocycles. The van der Waals surface area contributed by atoms with Gasteiger partial charge in [-0.1, -0.05) is 6.08 Å². The molecule has 0 bridgehead atoms. The Morgan fingerprint density at radius 1 is 1.21 bits per heavy atom. The molecule has 0 saturated carbocycles. The smallest absolute Gasteiger partial charge is 0.322 e. The van der Waals surface area contributed by atoms with E-state index in [-0.39, 0.29) is 6.03 Å². The second-order valence-corrected chi connectivity index (χ2v) is 7.88. The summed E-state index contributed by atoms with van der Waals surface area (Å²) in [6.07, 6.45) is 8.77. The fourth-order valence-electron chi connectivity index (χ4n) is 3.86. The van der Waals surface area contributed by atoms with Crippen LogP contribution in [-0.4, -0.2) is 50.2 Å². The summed E-state index contributed by atoms with van der Waals surface area (Å²) in [4.78, 5) is 30.4. The van der Waals surface area contributed by atoms with Crippen LogP contribution in [0.2, 0.25) is 0 Å². The number of carbonyl (C=O) groups excluding carboxylic acids is 1. The summed E-state index contributed by atoms with van der Waals surface area (Å²) in [7, 11) is 0. The third kappa shape index (κ3) is 4.29. The standard InChI is InChI=1S/C24H23N9O/c25-12-16-10-17(3-4-20(16)26)30-22-19-11-21(32-23(19)29-14-28-22)15-5-8-33(9-6-15)24(34)31-18-2-1-7-27-13-18/h1-5,7,10-14,25H,6,8-9,26H2,(H,31,34)(H2,28,29,30,32). The number of urea groups is 1. The zero-order chi connectivity index (χ0) is 23.5. The van der Waals surface area contributed by atoms with Crippen molar-refractivity contribution in [1.29, 1.82) is 5.41 Å². The molecule has 3 aromatic heterocycles. The molecule has 170 valence electrons. The van der Waals surface area contributed by atoms with Crippen molar-refractivity contribution in [2.75, 3.05) is 29.5 Å². The van der Waals surface area contributed by atoms with Crippen molar-refractivity contribution in [2.24, 2.45) is 0 Å². The van der Waals surface area contributed by atoms with Crippen LogP contribution in [0.3, 0.4) is 0 Å². The number of H-pyrrole nitrogens is 1. The maximum absolute atomic E-state index is 12.5. The number of nitrogens with two attached hydrogens (primary N) is 1. The predicted molar refractivity (Wildman–Crippen MR) is 133 cm³/mol. The van der Waals surface area contributed by atoms with Crippen molar-refractivity contribution in [2.45, 2.75) is 6.42 Å². The van der Waals surface area contributed by atoms with Crippen molar-refractivity contribution >= 4 is 51.7 Å². The fraction of sp³-hybridized carbons (Fsp3) is 0.125. The normalized spacial score (nSPS) is 13.4. The van der Waals surface area contributed by atoms with E-state index >= 15 is 0 Å². The molecule has 4 heterocycles. The number of hydrogen-bond donors (Lipinski definition) is 5. The van der Waals surface area contributed by atoms with Crippen LogP contribution in [-0.2, 0) is 0 Å². The molecular weight excluding hydrogens is 430 g/mol. The van der Waals surface area contributed by atoms with Gasteiger partial charge in [-0.15, -0.1) is 0 Å².